The van der Waals surface area contributed by atoms with Crippen LogP contribution in [0, 0.1) is 0 Å². The number of rotatable bonds is 4. The lowest BCUT2D eigenvalue weighted by molar-refractivity contribution is -0.115. The molecule has 2 aromatic rings. The number of hydrogen-bond donors (Lipinski definition) is 3. The minimum Gasteiger partial charge on any atom is -0.370 e. The van der Waals surface area contributed by atoms with E-state index >= 15 is 0 Å². The third-order valence-corrected chi connectivity index (χ3v) is 3.55. The van der Waals surface area contributed by atoms with Crippen molar-refractivity contribution in [3.63, 3.8) is 0 Å². The van der Waals surface area contributed by atoms with Gasteiger partial charge >= 0.3 is 0 Å². The molecule has 0 aliphatic heterocycles. The molecule has 5 N–H and O–H groups in total. The van der Waals surface area contributed by atoms with Crippen LogP contribution in [0.25, 0.3) is 0 Å². The Labute approximate surface area is 150 Å². The number of amides is 1. The molecule has 7 heteroatoms. The molecule has 24 heavy (non-hydrogen) atoms. The van der Waals surface area contributed by atoms with E-state index in [-0.39, 0.29) is 11.7 Å². The number of para-hydroxylation sites is 1. The first-order chi connectivity index (χ1) is 11.3. The molecule has 0 aromatic heterocycles. The smallest absolute Gasteiger partial charge is 0.214 e. The first kappa shape index (κ1) is 20.0. The minimum absolute atomic E-state index is 0.0424. The number of ketones is 1. The molecule has 0 heterocycles. The lowest BCUT2D eigenvalue weighted by atomic mass is 10.1. The summed E-state index contributed by atoms with van der Waals surface area (Å²) in [6, 6.07) is 10.6. The fourth-order valence-corrected chi connectivity index (χ4v) is 2.37. The van der Waals surface area contributed by atoms with Gasteiger partial charge in [0.15, 0.2) is 5.78 Å². The predicted molar refractivity (Wildman–Crippen MR) is 99.0 cm³/mol. The molecule has 1 amide bonds. The summed E-state index contributed by atoms with van der Waals surface area (Å²) in [6.07, 6.45) is 0. The Morgan fingerprint density at radius 2 is 1.62 bits per heavy atom. The lowest BCUT2D eigenvalue weighted by Gasteiger charge is -2.14. The predicted octanol–water partition coefficient (Wildman–Crippen LogP) is 3.89. The van der Waals surface area contributed by atoms with E-state index in [4.69, 9.17) is 28.9 Å². The van der Waals surface area contributed by atoms with Gasteiger partial charge in [0, 0.05) is 24.7 Å². The maximum absolute atomic E-state index is 11.7. The van der Waals surface area contributed by atoms with Crippen molar-refractivity contribution in [1.82, 2.24) is 0 Å². The number of carbonyl (C=O) groups excluding carboxylic acids is 2. The van der Waals surface area contributed by atoms with E-state index in [9.17, 15) is 9.59 Å². The van der Waals surface area contributed by atoms with Crippen molar-refractivity contribution in [3.05, 3.63) is 57.6 Å². The zero-order valence-electron chi connectivity index (χ0n) is 13.4. The molecule has 0 unspecified atom stereocenters. The van der Waals surface area contributed by atoms with Crippen LogP contribution in [0.2, 0.25) is 10.0 Å². The Bertz CT molecular complexity index is 724. The van der Waals surface area contributed by atoms with E-state index in [0.29, 0.717) is 33.5 Å². The van der Waals surface area contributed by atoms with Crippen LogP contribution in [0.15, 0.2) is 36.4 Å². The highest BCUT2D eigenvalue weighted by molar-refractivity contribution is 6.39. The van der Waals surface area contributed by atoms with Crippen LogP contribution < -0.4 is 16.8 Å². The van der Waals surface area contributed by atoms with E-state index in [0.717, 1.165) is 5.56 Å². The van der Waals surface area contributed by atoms with Gasteiger partial charge in [-0.2, -0.15) is 0 Å². The molecule has 0 aliphatic rings. The molecule has 0 fully saturated rings. The van der Waals surface area contributed by atoms with Crippen LogP contribution in [-0.2, 0) is 11.3 Å². The molecule has 0 spiro atoms. The fourth-order valence-electron chi connectivity index (χ4n) is 1.88. The summed E-state index contributed by atoms with van der Waals surface area (Å²) < 4.78 is 0. The topological polar surface area (TPSA) is 98.2 Å². The standard InChI is InChI=1S/C15H14Cl2N2O.C2H5NO/c1-9(20)11-6-5-10(8-18)7-14(11)19-15-12(16)3-2-4-13(15)17;1-2(3)4/h2-7,19H,8,18H2,1H3;1H3,(H2,3,4). The summed E-state index contributed by atoms with van der Waals surface area (Å²) in [7, 11) is 0. The van der Waals surface area contributed by atoms with Crippen molar-refractivity contribution >= 4 is 46.3 Å². The molecule has 0 radical (unpaired) electrons. The molecular formula is C17H19Cl2N3O2. The second-order valence-corrected chi connectivity index (χ2v) is 5.79. The number of anilines is 2. The third kappa shape index (κ3) is 5.85. The van der Waals surface area contributed by atoms with Gasteiger partial charge in [0.1, 0.15) is 0 Å². The minimum atomic E-state index is -0.333. The van der Waals surface area contributed by atoms with Crippen LogP contribution in [0.1, 0.15) is 29.8 Å². The number of hydrogen-bond acceptors (Lipinski definition) is 4. The summed E-state index contributed by atoms with van der Waals surface area (Å²) >= 11 is 12.3. The van der Waals surface area contributed by atoms with E-state index in [1.807, 2.05) is 12.1 Å². The molecule has 2 rings (SSSR count). The molecule has 0 saturated carbocycles. The van der Waals surface area contributed by atoms with Gasteiger partial charge in [0.25, 0.3) is 0 Å². The van der Waals surface area contributed by atoms with Crippen molar-refractivity contribution in [2.24, 2.45) is 11.5 Å². The van der Waals surface area contributed by atoms with Crippen LogP contribution in [0.3, 0.4) is 0 Å². The van der Waals surface area contributed by atoms with E-state index < -0.39 is 0 Å². The number of halogens is 2. The van der Waals surface area contributed by atoms with Crippen molar-refractivity contribution in [2.45, 2.75) is 20.4 Å². The van der Waals surface area contributed by atoms with Crippen LogP contribution in [0.4, 0.5) is 11.4 Å². The Morgan fingerprint density at radius 1 is 1.08 bits per heavy atom. The Hall–Kier alpha value is -2.08. The Morgan fingerprint density at radius 3 is 2.08 bits per heavy atom. The highest BCUT2D eigenvalue weighted by Crippen LogP contribution is 2.34. The van der Waals surface area contributed by atoms with Gasteiger partial charge in [-0.1, -0.05) is 35.3 Å². The summed E-state index contributed by atoms with van der Waals surface area (Å²) in [5, 5.41) is 4.11. The number of Topliss-reactive ketones (excluding diaryl/α,β-unsaturated/α-hetero) is 1. The number of nitrogens with one attached hydrogen (secondary N) is 1. The maximum Gasteiger partial charge on any atom is 0.214 e. The highest BCUT2D eigenvalue weighted by atomic mass is 35.5. The second-order valence-electron chi connectivity index (χ2n) is 4.97. The van der Waals surface area contributed by atoms with Gasteiger partial charge in [-0.05, 0) is 36.8 Å². The molecular weight excluding hydrogens is 349 g/mol. The van der Waals surface area contributed by atoms with E-state index in [1.165, 1.54) is 13.8 Å². The lowest BCUT2D eigenvalue weighted by Crippen LogP contribution is -2.04. The zero-order valence-corrected chi connectivity index (χ0v) is 14.9. The van der Waals surface area contributed by atoms with E-state index in [2.05, 4.69) is 11.1 Å². The SMILES string of the molecule is CC(=O)c1ccc(CN)cc1Nc1c(Cl)cccc1Cl.CC(N)=O. The highest BCUT2D eigenvalue weighted by Gasteiger charge is 2.11. The van der Waals surface area contributed by atoms with Crippen LogP contribution in [-0.4, -0.2) is 11.7 Å². The first-order valence-electron chi connectivity index (χ1n) is 7.07. The first-order valence-corrected chi connectivity index (χ1v) is 7.82. The molecule has 128 valence electrons. The number of carbonyl (C=O) groups is 2. The molecule has 5 nitrogen and oxygen atoms in total. The number of benzene rings is 2. The second kappa shape index (κ2) is 9.27. The summed E-state index contributed by atoms with van der Waals surface area (Å²) in [4.78, 5) is 20.9. The average molecular weight is 368 g/mol. The largest absolute Gasteiger partial charge is 0.370 e. The third-order valence-electron chi connectivity index (χ3n) is 2.92. The molecule has 0 bridgehead atoms. The fraction of sp³-hybridized carbons (Fsp3) is 0.176. The quantitative estimate of drug-likeness (QED) is 0.713. The van der Waals surface area contributed by atoms with Gasteiger partial charge in [-0.15, -0.1) is 0 Å². The van der Waals surface area contributed by atoms with Crippen molar-refractivity contribution < 1.29 is 9.59 Å². The van der Waals surface area contributed by atoms with Crippen LogP contribution >= 0.6 is 23.2 Å². The normalized spacial score (nSPS) is 9.71. The van der Waals surface area contributed by atoms with Crippen molar-refractivity contribution in [3.8, 4) is 0 Å². The van der Waals surface area contributed by atoms with Gasteiger partial charge in [0.2, 0.25) is 5.91 Å². The van der Waals surface area contributed by atoms with Gasteiger partial charge in [-0.25, -0.2) is 0 Å². The van der Waals surface area contributed by atoms with Gasteiger partial charge < -0.3 is 16.8 Å². The Balaban J connectivity index is 0.000000648. The van der Waals surface area contributed by atoms with Gasteiger partial charge in [-0.3, -0.25) is 9.59 Å². The van der Waals surface area contributed by atoms with Crippen molar-refractivity contribution in [1.29, 1.82) is 0 Å². The summed E-state index contributed by atoms with van der Waals surface area (Å²) in [5.74, 6) is -0.376. The van der Waals surface area contributed by atoms with Crippen molar-refractivity contribution in [2.75, 3.05) is 5.32 Å². The average Bonchev–Trinajstić information content (AvgIpc) is 2.50. The molecule has 0 aliphatic carbocycles. The maximum atomic E-state index is 11.7. The molecule has 0 atom stereocenters. The molecule has 2 aromatic carbocycles. The number of primary amides is 1. The number of nitrogens with two attached hydrogens (primary N) is 2. The van der Waals surface area contributed by atoms with Gasteiger partial charge in [0.05, 0.1) is 15.7 Å². The van der Waals surface area contributed by atoms with Crippen LogP contribution in [0.5, 0.6) is 0 Å². The van der Waals surface area contributed by atoms with E-state index in [1.54, 1.807) is 24.3 Å². The summed E-state index contributed by atoms with van der Waals surface area (Å²) in [6.45, 7) is 3.21. The monoisotopic (exact) mass is 367 g/mol. The Kier molecular flexibility index (Phi) is 7.71. The zero-order chi connectivity index (χ0) is 18.3. The molecule has 0 saturated heterocycles. The summed E-state index contributed by atoms with van der Waals surface area (Å²) in [5.41, 5.74) is 12.8.